The molecule has 0 bridgehead atoms. The maximum absolute atomic E-state index is 11.9. The Balaban J connectivity index is 2.31. The molecule has 0 spiro atoms. The third-order valence-corrected chi connectivity index (χ3v) is 4.07. The monoisotopic (exact) mass is 348 g/mol. The van der Waals surface area contributed by atoms with E-state index in [4.69, 9.17) is 10.5 Å². The average Bonchev–Trinajstić information content (AvgIpc) is 2.46. The zero-order valence-electron chi connectivity index (χ0n) is 11.9. The molecule has 0 saturated carbocycles. The van der Waals surface area contributed by atoms with Crippen molar-refractivity contribution in [3.05, 3.63) is 52.0 Å². The minimum absolute atomic E-state index is 0.319. The van der Waals surface area contributed by atoms with Crippen molar-refractivity contribution in [2.24, 2.45) is 0 Å². The van der Waals surface area contributed by atoms with Gasteiger partial charge in [-0.3, -0.25) is 0 Å². The van der Waals surface area contributed by atoms with Crippen LogP contribution >= 0.6 is 15.9 Å². The van der Waals surface area contributed by atoms with Gasteiger partial charge in [0.2, 0.25) is 0 Å². The van der Waals surface area contributed by atoms with E-state index >= 15 is 0 Å². The van der Waals surface area contributed by atoms with Gasteiger partial charge in [0.25, 0.3) is 0 Å². The number of benzene rings is 2. The fourth-order valence-electron chi connectivity index (χ4n) is 1.92. The van der Waals surface area contributed by atoms with Crippen LogP contribution in [0.1, 0.15) is 22.8 Å². The molecule has 0 unspecified atom stereocenters. The number of halogens is 1. The number of nitrogen functional groups attached to an aromatic ring is 1. The van der Waals surface area contributed by atoms with Crippen LogP contribution < -0.4 is 11.1 Å². The number of carbonyl (C=O) groups is 1. The molecule has 4 nitrogen and oxygen atoms in total. The molecule has 2 aromatic rings. The van der Waals surface area contributed by atoms with Gasteiger partial charge in [0.05, 0.1) is 17.9 Å². The number of carbonyl (C=O) groups excluding carboxylic acids is 1. The van der Waals surface area contributed by atoms with Crippen LogP contribution in [-0.2, 0) is 4.74 Å². The van der Waals surface area contributed by atoms with Crippen LogP contribution in [-0.4, -0.2) is 12.6 Å². The van der Waals surface area contributed by atoms with E-state index in [2.05, 4.69) is 21.2 Å². The molecule has 0 saturated heterocycles. The molecule has 0 aliphatic heterocycles. The first-order valence-corrected chi connectivity index (χ1v) is 7.41. The van der Waals surface area contributed by atoms with Crippen LogP contribution in [0.3, 0.4) is 0 Å². The zero-order valence-corrected chi connectivity index (χ0v) is 13.5. The number of aryl methyl sites for hydroxylation is 1. The Morgan fingerprint density at radius 2 is 2.10 bits per heavy atom. The molecule has 5 heteroatoms. The first kappa shape index (κ1) is 15.4. The molecule has 0 amide bonds. The summed E-state index contributed by atoms with van der Waals surface area (Å²) in [5, 5.41) is 3.27. The van der Waals surface area contributed by atoms with E-state index in [0.29, 0.717) is 17.9 Å². The van der Waals surface area contributed by atoms with E-state index in [9.17, 15) is 4.79 Å². The van der Waals surface area contributed by atoms with Gasteiger partial charge in [-0.15, -0.1) is 0 Å². The summed E-state index contributed by atoms with van der Waals surface area (Å²) < 4.78 is 5.99. The summed E-state index contributed by atoms with van der Waals surface area (Å²) in [5.74, 6) is -0.415. The standard InChI is InChI=1S/C16H17BrN2O2/c1-3-21-16(20)12-9-11(7-8-13(12)18)19-14-6-4-5-10(2)15(14)17/h4-9,19H,3,18H2,1-2H3. The molecule has 21 heavy (non-hydrogen) atoms. The highest BCUT2D eigenvalue weighted by molar-refractivity contribution is 9.10. The second-order valence-electron chi connectivity index (χ2n) is 4.58. The molecule has 0 aromatic heterocycles. The van der Waals surface area contributed by atoms with Gasteiger partial charge in [-0.2, -0.15) is 0 Å². The Morgan fingerprint density at radius 3 is 2.81 bits per heavy atom. The van der Waals surface area contributed by atoms with Crippen LogP contribution in [0, 0.1) is 6.92 Å². The molecule has 0 aliphatic carbocycles. The van der Waals surface area contributed by atoms with Crippen LogP contribution in [0.5, 0.6) is 0 Å². The molecule has 110 valence electrons. The number of anilines is 3. The Kier molecular flexibility index (Phi) is 4.85. The molecule has 0 aliphatic rings. The summed E-state index contributed by atoms with van der Waals surface area (Å²) >= 11 is 3.55. The van der Waals surface area contributed by atoms with Crippen molar-refractivity contribution in [3.8, 4) is 0 Å². The third-order valence-electron chi connectivity index (χ3n) is 3.02. The fourth-order valence-corrected chi connectivity index (χ4v) is 2.28. The minimum atomic E-state index is -0.415. The van der Waals surface area contributed by atoms with Crippen molar-refractivity contribution in [3.63, 3.8) is 0 Å². The van der Waals surface area contributed by atoms with E-state index in [1.165, 1.54) is 0 Å². The number of hydrogen-bond acceptors (Lipinski definition) is 4. The predicted octanol–water partition coefficient (Wildman–Crippen LogP) is 4.26. The summed E-state index contributed by atoms with van der Waals surface area (Å²) in [7, 11) is 0. The molecule has 0 atom stereocenters. The van der Waals surface area contributed by atoms with Crippen LogP contribution in [0.15, 0.2) is 40.9 Å². The highest BCUT2D eigenvalue weighted by Crippen LogP contribution is 2.29. The van der Waals surface area contributed by atoms with E-state index in [1.807, 2.05) is 31.2 Å². The number of ether oxygens (including phenoxy) is 1. The highest BCUT2D eigenvalue weighted by Gasteiger charge is 2.12. The topological polar surface area (TPSA) is 64.3 Å². The maximum atomic E-state index is 11.9. The number of hydrogen-bond donors (Lipinski definition) is 2. The predicted molar refractivity (Wildman–Crippen MR) is 89.0 cm³/mol. The Bertz CT molecular complexity index is 671. The number of nitrogens with two attached hydrogens (primary N) is 1. The normalized spacial score (nSPS) is 10.2. The van der Waals surface area contributed by atoms with Crippen LogP contribution in [0.2, 0.25) is 0 Å². The largest absolute Gasteiger partial charge is 0.462 e. The highest BCUT2D eigenvalue weighted by atomic mass is 79.9. The lowest BCUT2D eigenvalue weighted by Gasteiger charge is -2.12. The number of rotatable bonds is 4. The van der Waals surface area contributed by atoms with Crippen molar-refractivity contribution in [2.75, 3.05) is 17.7 Å². The van der Waals surface area contributed by atoms with Gasteiger partial charge in [0.1, 0.15) is 0 Å². The van der Waals surface area contributed by atoms with Gasteiger partial charge in [0.15, 0.2) is 0 Å². The lowest BCUT2D eigenvalue weighted by atomic mass is 10.1. The van der Waals surface area contributed by atoms with E-state index < -0.39 is 5.97 Å². The van der Waals surface area contributed by atoms with Gasteiger partial charge < -0.3 is 15.8 Å². The van der Waals surface area contributed by atoms with Gasteiger partial charge >= 0.3 is 5.97 Å². The van der Waals surface area contributed by atoms with E-state index in [1.54, 1.807) is 19.1 Å². The quantitative estimate of drug-likeness (QED) is 0.639. The van der Waals surface area contributed by atoms with Crippen molar-refractivity contribution in [2.45, 2.75) is 13.8 Å². The lowest BCUT2D eigenvalue weighted by Crippen LogP contribution is -2.08. The smallest absolute Gasteiger partial charge is 0.340 e. The van der Waals surface area contributed by atoms with Crippen LogP contribution in [0.25, 0.3) is 0 Å². The Labute approximate surface area is 132 Å². The van der Waals surface area contributed by atoms with E-state index in [-0.39, 0.29) is 0 Å². The first-order valence-electron chi connectivity index (χ1n) is 6.61. The summed E-state index contributed by atoms with van der Waals surface area (Å²) in [6, 6.07) is 11.2. The molecule has 2 rings (SSSR count). The summed E-state index contributed by atoms with van der Waals surface area (Å²) in [6.45, 7) is 4.10. The van der Waals surface area contributed by atoms with Crippen molar-refractivity contribution < 1.29 is 9.53 Å². The Morgan fingerprint density at radius 1 is 1.33 bits per heavy atom. The van der Waals surface area contributed by atoms with Gasteiger partial charge in [0, 0.05) is 15.8 Å². The molecule has 3 N–H and O–H groups in total. The minimum Gasteiger partial charge on any atom is -0.462 e. The number of nitrogens with one attached hydrogen (secondary N) is 1. The molecule has 0 radical (unpaired) electrons. The summed E-state index contributed by atoms with van der Waals surface area (Å²) in [4.78, 5) is 11.9. The van der Waals surface area contributed by atoms with Gasteiger partial charge in [-0.25, -0.2) is 4.79 Å². The third kappa shape index (κ3) is 3.55. The number of esters is 1. The van der Waals surface area contributed by atoms with Crippen molar-refractivity contribution >= 4 is 39.0 Å². The average molecular weight is 349 g/mol. The van der Waals surface area contributed by atoms with Gasteiger partial charge in [-0.1, -0.05) is 12.1 Å². The van der Waals surface area contributed by atoms with Gasteiger partial charge in [-0.05, 0) is 59.6 Å². The van der Waals surface area contributed by atoms with Crippen LogP contribution in [0.4, 0.5) is 17.1 Å². The lowest BCUT2D eigenvalue weighted by molar-refractivity contribution is 0.0527. The Hall–Kier alpha value is -2.01. The zero-order chi connectivity index (χ0) is 15.4. The molecular weight excluding hydrogens is 332 g/mol. The molecular formula is C16H17BrN2O2. The fraction of sp³-hybridized carbons (Fsp3) is 0.188. The maximum Gasteiger partial charge on any atom is 0.340 e. The summed E-state index contributed by atoms with van der Waals surface area (Å²) in [5.41, 5.74) is 9.43. The summed E-state index contributed by atoms with van der Waals surface area (Å²) in [6.07, 6.45) is 0. The van der Waals surface area contributed by atoms with E-state index in [0.717, 1.165) is 21.4 Å². The first-order chi connectivity index (χ1) is 10.0. The van der Waals surface area contributed by atoms with Crippen molar-refractivity contribution in [1.29, 1.82) is 0 Å². The molecule has 0 fully saturated rings. The SMILES string of the molecule is CCOC(=O)c1cc(Nc2cccc(C)c2Br)ccc1N. The molecule has 2 aromatic carbocycles. The second kappa shape index (κ2) is 6.63. The van der Waals surface area contributed by atoms with Crippen molar-refractivity contribution in [1.82, 2.24) is 0 Å². The molecule has 0 heterocycles. The second-order valence-corrected chi connectivity index (χ2v) is 5.38.